The summed E-state index contributed by atoms with van der Waals surface area (Å²) in [5.74, 6) is -0.688. The number of aliphatic carboxylic acids is 1. The molecule has 0 fully saturated rings. The summed E-state index contributed by atoms with van der Waals surface area (Å²) in [6.07, 6.45) is 0.0478. The molecule has 4 aromatic rings. The van der Waals surface area contributed by atoms with Crippen molar-refractivity contribution in [3.8, 4) is 11.5 Å². The molecule has 1 atom stereocenters. The minimum atomic E-state index is -1.16. The summed E-state index contributed by atoms with van der Waals surface area (Å²) in [5, 5.41) is 12.6. The summed E-state index contributed by atoms with van der Waals surface area (Å²) in [7, 11) is 0. The van der Waals surface area contributed by atoms with Crippen LogP contribution in [0.2, 0.25) is 5.02 Å². The fourth-order valence-corrected chi connectivity index (χ4v) is 3.92. The van der Waals surface area contributed by atoms with Gasteiger partial charge in [-0.3, -0.25) is 4.79 Å². The van der Waals surface area contributed by atoms with Crippen LogP contribution in [-0.4, -0.2) is 23.0 Å². The SMILES string of the molecule is O=C(N[C@@H](Cc1ccc(OCc2ccccc2)c(OCc2ccccc2)c1)C(=O)O)c1ccccc1Cl. The molecule has 0 bridgehead atoms. The normalized spacial score (nSPS) is 11.4. The topological polar surface area (TPSA) is 84.9 Å². The molecular weight excluding hydrogens is 490 g/mol. The molecule has 0 aromatic heterocycles. The highest BCUT2D eigenvalue weighted by Gasteiger charge is 2.23. The second-order valence-corrected chi connectivity index (χ2v) is 8.79. The second-order valence-electron chi connectivity index (χ2n) is 8.38. The summed E-state index contributed by atoms with van der Waals surface area (Å²) >= 11 is 6.10. The van der Waals surface area contributed by atoms with Gasteiger partial charge < -0.3 is 19.9 Å². The first-order chi connectivity index (χ1) is 18.0. The van der Waals surface area contributed by atoms with Gasteiger partial charge in [-0.05, 0) is 41.0 Å². The van der Waals surface area contributed by atoms with Gasteiger partial charge in [0.05, 0.1) is 10.6 Å². The average Bonchev–Trinajstić information content (AvgIpc) is 2.92. The summed E-state index contributed by atoms with van der Waals surface area (Å²) in [6, 6.07) is 30.1. The second kappa shape index (κ2) is 12.6. The van der Waals surface area contributed by atoms with E-state index < -0.39 is 17.9 Å². The van der Waals surface area contributed by atoms with Gasteiger partial charge in [0.1, 0.15) is 19.3 Å². The van der Waals surface area contributed by atoms with Gasteiger partial charge in [0.15, 0.2) is 11.5 Å². The Kier molecular flexibility index (Phi) is 8.79. The summed E-state index contributed by atoms with van der Waals surface area (Å²) in [5.41, 5.74) is 2.88. The molecule has 0 aliphatic rings. The van der Waals surface area contributed by atoms with Crippen LogP contribution in [0.1, 0.15) is 27.0 Å². The van der Waals surface area contributed by atoms with Gasteiger partial charge in [-0.15, -0.1) is 0 Å². The van der Waals surface area contributed by atoms with E-state index in [2.05, 4.69) is 5.32 Å². The van der Waals surface area contributed by atoms with Crippen molar-refractivity contribution < 1.29 is 24.2 Å². The van der Waals surface area contributed by atoms with E-state index >= 15 is 0 Å². The largest absolute Gasteiger partial charge is 0.485 e. The number of ether oxygens (including phenoxy) is 2. The number of benzene rings is 4. The molecule has 4 rings (SSSR count). The zero-order valence-electron chi connectivity index (χ0n) is 20.0. The van der Waals surface area contributed by atoms with E-state index in [-0.39, 0.29) is 17.0 Å². The van der Waals surface area contributed by atoms with Gasteiger partial charge >= 0.3 is 5.97 Å². The third-order valence-electron chi connectivity index (χ3n) is 5.64. The number of rotatable bonds is 11. The van der Waals surface area contributed by atoms with E-state index in [1.54, 1.807) is 42.5 Å². The minimum absolute atomic E-state index is 0.0478. The number of amides is 1. The van der Waals surface area contributed by atoms with Gasteiger partial charge in [-0.1, -0.05) is 90.5 Å². The van der Waals surface area contributed by atoms with Crippen LogP contribution >= 0.6 is 11.6 Å². The molecule has 0 saturated heterocycles. The van der Waals surface area contributed by atoms with E-state index in [4.69, 9.17) is 21.1 Å². The number of carboxylic acid groups (broad SMARTS) is 1. The molecule has 0 aliphatic carbocycles. The van der Waals surface area contributed by atoms with Gasteiger partial charge in [0.25, 0.3) is 5.91 Å². The average molecular weight is 516 g/mol. The molecule has 0 aliphatic heterocycles. The number of carbonyl (C=O) groups excluding carboxylic acids is 1. The van der Waals surface area contributed by atoms with Crippen molar-refractivity contribution in [3.05, 3.63) is 130 Å². The third-order valence-corrected chi connectivity index (χ3v) is 5.97. The van der Waals surface area contributed by atoms with E-state index in [9.17, 15) is 14.7 Å². The van der Waals surface area contributed by atoms with Crippen molar-refractivity contribution >= 4 is 23.5 Å². The molecule has 0 unspecified atom stereocenters. The van der Waals surface area contributed by atoms with Crippen LogP contribution in [0.5, 0.6) is 11.5 Å². The zero-order valence-corrected chi connectivity index (χ0v) is 20.7. The molecule has 4 aromatic carbocycles. The Morgan fingerprint density at radius 3 is 1.89 bits per heavy atom. The summed E-state index contributed by atoms with van der Waals surface area (Å²) in [6.45, 7) is 0.672. The predicted molar refractivity (Wildman–Crippen MR) is 142 cm³/mol. The van der Waals surface area contributed by atoms with Crippen LogP contribution in [0.4, 0.5) is 0 Å². The molecule has 37 heavy (non-hydrogen) atoms. The third kappa shape index (κ3) is 7.35. The zero-order chi connectivity index (χ0) is 26.0. The highest BCUT2D eigenvalue weighted by molar-refractivity contribution is 6.33. The highest BCUT2D eigenvalue weighted by Crippen LogP contribution is 2.31. The van der Waals surface area contributed by atoms with E-state index in [0.717, 1.165) is 11.1 Å². The van der Waals surface area contributed by atoms with Crippen LogP contribution in [-0.2, 0) is 24.4 Å². The van der Waals surface area contributed by atoms with Crippen LogP contribution in [0, 0.1) is 0 Å². The number of carbonyl (C=O) groups is 2. The predicted octanol–water partition coefficient (Wildman–Crippen LogP) is 5.92. The van der Waals surface area contributed by atoms with Crippen molar-refractivity contribution in [3.63, 3.8) is 0 Å². The van der Waals surface area contributed by atoms with Gasteiger partial charge in [-0.25, -0.2) is 4.79 Å². The molecule has 2 N–H and O–H groups in total. The Morgan fingerprint density at radius 1 is 0.730 bits per heavy atom. The smallest absolute Gasteiger partial charge is 0.326 e. The number of carboxylic acids is 1. The number of nitrogens with one attached hydrogen (secondary N) is 1. The lowest BCUT2D eigenvalue weighted by Gasteiger charge is -2.18. The van der Waals surface area contributed by atoms with E-state index in [0.29, 0.717) is 30.3 Å². The Bertz CT molecular complexity index is 1340. The maximum absolute atomic E-state index is 12.7. The van der Waals surface area contributed by atoms with Gasteiger partial charge in [0, 0.05) is 6.42 Å². The van der Waals surface area contributed by atoms with Crippen molar-refractivity contribution in [2.24, 2.45) is 0 Å². The fourth-order valence-electron chi connectivity index (χ4n) is 3.70. The maximum Gasteiger partial charge on any atom is 0.326 e. The molecule has 0 heterocycles. The Labute approximate surface area is 220 Å². The van der Waals surface area contributed by atoms with Crippen LogP contribution < -0.4 is 14.8 Å². The van der Waals surface area contributed by atoms with E-state index in [1.165, 1.54) is 0 Å². The lowest BCUT2D eigenvalue weighted by atomic mass is 10.0. The summed E-state index contributed by atoms with van der Waals surface area (Å²) in [4.78, 5) is 24.6. The van der Waals surface area contributed by atoms with Gasteiger partial charge in [0.2, 0.25) is 0 Å². The highest BCUT2D eigenvalue weighted by atomic mass is 35.5. The lowest BCUT2D eigenvalue weighted by molar-refractivity contribution is -0.139. The molecular formula is C30H26ClNO5. The first kappa shape index (κ1) is 25.8. The van der Waals surface area contributed by atoms with Crippen LogP contribution in [0.15, 0.2) is 103 Å². The minimum Gasteiger partial charge on any atom is -0.485 e. The molecule has 0 saturated carbocycles. The molecule has 1 amide bonds. The first-order valence-corrected chi connectivity index (χ1v) is 12.1. The standard InChI is InChI=1S/C30H26ClNO5/c31-25-14-8-7-13-24(25)29(33)32-26(30(34)35)17-23-15-16-27(36-19-21-9-3-1-4-10-21)28(18-23)37-20-22-11-5-2-6-12-22/h1-16,18,26H,17,19-20H2,(H,32,33)(H,34,35)/t26-/m0/s1. The number of halogens is 1. The quantitative estimate of drug-likeness (QED) is 0.259. The molecule has 7 heteroatoms. The molecule has 6 nitrogen and oxygen atoms in total. The number of hydrogen-bond donors (Lipinski definition) is 2. The van der Waals surface area contributed by atoms with Crippen molar-refractivity contribution in [1.29, 1.82) is 0 Å². The Hall–Kier alpha value is -4.29. The van der Waals surface area contributed by atoms with Crippen LogP contribution in [0.3, 0.4) is 0 Å². The number of hydrogen-bond acceptors (Lipinski definition) is 4. The Balaban J connectivity index is 1.52. The molecule has 0 radical (unpaired) electrons. The fraction of sp³-hybridized carbons (Fsp3) is 0.133. The Morgan fingerprint density at radius 2 is 1.30 bits per heavy atom. The van der Waals surface area contributed by atoms with Crippen LogP contribution in [0.25, 0.3) is 0 Å². The lowest BCUT2D eigenvalue weighted by Crippen LogP contribution is -2.42. The van der Waals surface area contributed by atoms with E-state index in [1.807, 2.05) is 60.7 Å². The van der Waals surface area contributed by atoms with Crippen molar-refractivity contribution in [2.45, 2.75) is 25.7 Å². The molecule has 188 valence electrons. The monoisotopic (exact) mass is 515 g/mol. The maximum atomic E-state index is 12.7. The van der Waals surface area contributed by atoms with Crippen molar-refractivity contribution in [1.82, 2.24) is 5.32 Å². The van der Waals surface area contributed by atoms with Gasteiger partial charge in [-0.2, -0.15) is 0 Å². The van der Waals surface area contributed by atoms with Crippen molar-refractivity contribution in [2.75, 3.05) is 0 Å². The molecule has 0 spiro atoms. The first-order valence-electron chi connectivity index (χ1n) is 11.7. The summed E-state index contributed by atoms with van der Waals surface area (Å²) < 4.78 is 12.1.